The van der Waals surface area contributed by atoms with E-state index < -0.39 is 0 Å². The van der Waals surface area contributed by atoms with Gasteiger partial charge in [-0.15, -0.1) is 0 Å². The van der Waals surface area contributed by atoms with Crippen molar-refractivity contribution in [2.24, 2.45) is 5.73 Å². The summed E-state index contributed by atoms with van der Waals surface area (Å²) in [6.45, 7) is 2.74. The second-order valence-corrected chi connectivity index (χ2v) is 4.46. The Morgan fingerprint density at radius 2 is 2.11 bits per heavy atom. The molecule has 0 spiro atoms. The van der Waals surface area contributed by atoms with Crippen molar-refractivity contribution >= 4 is 5.82 Å². The maximum atomic E-state index is 5.80. The summed E-state index contributed by atoms with van der Waals surface area (Å²) in [5.41, 5.74) is 8.02. The first-order valence-corrected chi connectivity index (χ1v) is 5.98. The Balaban J connectivity index is 2.07. The molecule has 0 fully saturated rings. The second-order valence-electron chi connectivity index (χ2n) is 4.46. The van der Waals surface area contributed by atoms with Crippen LogP contribution in [0.1, 0.15) is 24.1 Å². The highest BCUT2D eigenvalue weighted by Crippen LogP contribution is 2.15. The standard InChI is InChI=1S/C14H18N4/c1-11(15)13-5-6-14(17-9-13)18(2)10-12-4-3-7-16-8-12/h3-9,11H,10,15H2,1-2H3/t11-/m0/s1. The van der Waals surface area contributed by atoms with E-state index in [4.69, 9.17) is 5.73 Å². The lowest BCUT2D eigenvalue weighted by Gasteiger charge is -2.18. The van der Waals surface area contributed by atoms with Crippen LogP contribution < -0.4 is 10.6 Å². The summed E-state index contributed by atoms with van der Waals surface area (Å²) >= 11 is 0. The Bertz CT molecular complexity index is 479. The molecule has 2 aromatic heterocycles. The third-order valence-electron chi connectivity index (χ3n) is 2.83. The van der Waals surface area contributed by atoms with Gasteiger partial charge in [0.15, 0.2) is 0 Å². The molecule has 0 aliphatic rings. The number of nitrogens with zero attached hydrogens (tertiary/aromatic N) is 3. The Morgan fingerprint density at radius 3 is 2.67 bits per heavy atom. The summed E-state index contributed by atoms with van der Waals surface area (Å²) in [6.07, 6.45) is 5.48. The molecule has 94 valence electrons. The van der Waals surface area contributed by atoms with Gasteiger partial charge < -0.3 is 10.6 Å². The van der Waals surface area contributed by atoms with Crippen molar-refractivity contribution in [3.63, 3.8) is 0 Å². The molecular weight excluding hydrogens is 224 g/mol. The van der Waals surface area contributed by atoms with Crippen LogP contribution in [-0.2, 0) is 6.54 Å². The van der Waals surface area contributed by atoms with Crippen LogP contribution in [-0.4, -0.2) is 17.0 Å². The van der Waals surface area contributed by atoms with Crippen LogP contribution in [0, 0.1) is 0 Å². The topological polar surface area (TPSA) is 55.0 Å². The molecule has 0 unspecified atom stereocenters. The number of hydrogen-bond acceptors (Lipinski definition) is 4. The van der Waals surface area contributed by atoms with E-state index in [2.05, 4.69) is 20.9 Å². The average molecular weight is 242 g/mol. The first-order chi connectivity index (χ1) is 8.66. The quantitative estimate of drug-likeness (QED) is 0.892. The van der Waals surface area contributed by atoms with Crippen molar-refractivity contribution in [2.45, 2.75) is 19.5 Å². The normalized spacial score (nSPS) is 12.2. The zero-order chi connectivity index (χ0) is 13.0. The molecule has 0 saturated heterocycles. The largest absolute Gasteiger partial charge is 0.355 e. The van der Waals surface area contributed by atoms with E-state index in [-0.39, 0.29) is 6.04 Å². The zero-order valence-corrected chi connectivity index (χ0v) is 10.7. The first-order valence-electron chi connectivity index (χ1n) is 5.98. The zero-order valence-electron chi connectivity index (χ0n) is 10.7. The molecule has 1 atom stereocenters. The molecule has 0 aliphatic carbocycles. The minimum absolute atomic E-state index is 0.0233. The molecule has 0 amide bonds. The molecule has 4 heteroatoms. The van der Waals surface area contributed by atoms with Gasteiger partial charge in [-0.05, 0) is 30.2 Å². The third kappa shape index (κ3) is 3.05. The van der Waals surface area contributed by atoms with Crippen LogP contribution in [0.4, 0.5) is 5.82 Å². The van der Waals surface area contributed by atoms with E-state index in [9.17, 15) is 0 Å². The van der Waals surface area contributed by atoms with E-state index in [0.29, 0.717) is 0 Å². The van der Waals surface area contributed by atoms with Crippen molar-refractivity contribution in [1.82, 2.24) is 9.97 Å². The highest BCUT2D eigenvalue weighted by atomic mass is 15.2. The van der Waals surface area contributed by atoms with E-state index in [1.54, 1.807) is 6.20 Å². The second kappa shape index (κ2) is 5.60. The number of hydrogen-bond donors (Lipinski definition) is 1. The van der Waals surface area contributed by atoms with Crippen LogP contribution in [0.3, 0.4) is 0 Å². The highest BCUT2D eigenvalue weighted by molar-refractivity contribution is 5.39. The molecule has 2 heterocycles. The van der Waals surface area contributed by atoms with E-state index in [1.807, 2.05) is 44.6 Å². The van der Waals surface area contributed by atoms with Gasteiger partial charge in [-0.1, -0.05) is 12.1 Å². The van der Waals surface area contributed by atoms with Gasteiger partial charge in [0.1, 0.15) is 5.82 Å². The van der Waals surface area contributed by atoms with Gasteiger partial charge in [-0.25, -0.2) is 4.98 Å². The monoisotopic (exact) mass is 242 g/mol. The van der Waals surface area contributed by atoms with Crippen LogP contribution in [0.2, 0.25) is 0 Å². The molecule has 4 nitrogen and oxygen atoms in total. The van der Waals surface area contributed by atoms with Crippen LogP contribution in [0.25, 0.3) is 0 Å². The molecular formula is C14H18N4. The fourth-order valence-electron chi connectivity index (χ4n) is 1.74. The predicted molar refractivity (Wildman–Crippen MR) is 73.2 cm³/mol. The average Bonchev–Trinajstić information content (AvgIpc) is 2.40. The Hall–Kier alpha value is -1.94. The third-order valence-corrected chi connectivity index (χ3v) is 2.83. The van der Waals surface area contributed by atoms with Crippen molar-refractivity contribution in [3.8, 4) is 0 Å². The molecule has 0 radical (unpaired) electrons. The van der Waals surface area contributed by atoms with Crippen LogP contribution >= 0.6 is 0 Å². The Morgan fingerprint density at radius 1 is 1.28 bits per heavy atom. The number of rotatable bonds is 4. The first kappa shape index (κ1) is 12.5. The predicted octanol–water partition coefficient (Wildman–Crippen LogP) is 2.13. The van der Waals surface area contributed by atoms with Gasteiger partial charge in [0.2, 0.25) is 0 Å². The molecule has 0 saturated carbocycles. The van der Waals surface area contributed by atoms with Crippen molar-refractivity contribution < 1.29 is 0 Å². The lowest BCUT2D eigenvalue weighted by molar-refractivity contribution is 0.807. The summed E-state index contributed by atoms with van der Waals surface area (Å²) in [5.74, 6) is 0.934. The summed E-state index contributed by atoms with van der Waals surface area (Å²) in [5, 5.41) is 0. The fraction of sp³-hybridized carbons (Fsp3) is 0.286. The summed E-state index contributed by atoms with van der Waals surface area (Å²) in [7, 11) is 2.01. The Labute approximate surface area is 107 Å². The van der Waals surface area contributed by atoms with Crippen molar-refractivity contribution in [3.05, 3.63) is 54.0 Å². The van der Waals surface area contributed by atoms with Crippen LogP contribution in [0.15, 0.2) is 42.9 Å². The molecule has 2 N–H and O–H groups in total. The molecule has 0 bridgehead atoms. The molecule has 2 rings (SSSR count). The number of pyridine rings is 2. The van der Waals surface area contributed by atoms with Gasteiger partial charge >= 0.3 is 0 Å². The van der Waals surface area contributed by atoms with E-state index >= 15 is 0 Å². The van der Waals surface area contributed by atoms with Gasteiger partial charge in [-0.3, -0.25) is 4.98 Å². The minimum Gasteiger partial charge on any atom is -0.355 e. The van der Waals surface area contributed by atoms with Crippen molar-refractivity contribution in [2.75, 3.05) is 11.9 Å². The summed E-state index contributed by atoms with van der Waals surface area (Å²) in [6, 6.07) is 8.03. The van der Waals surface area contributed by atoms with Gasteiger partial charge in [0.25, 0.3) is 0 Å². The SMILES string of the molecule is C[C@H](N)c1ccc(N(C)Cc2cccnc2)nc1. The summed E-state index contributed by atoms with van der Waals surface area (Å²) in [4.78, 5) is 10.6. The Kier molecular flexibility index (Phi) is 3.89. The van der Waals surface area contributed by atoms with E-state index in [1.165, 1.54) is 0 Å². The smallest absolute Gasteiger partial charge is 0.128 e. The molecule has 0 aromatic carbocycles. The molecule has 2 aromatic rings. The maximum Gasteiger partial charge on any atom is 0.128 e. The number of nitrogens with two attached hydrogens (primary N) is 1. The molecule has 0 aliphatic heterocycles. The lowest BCUT2D eigenvalue weighted by Crippen LogP contribution is -2.18. The molecule has 18 heavy (non-hydrogen) atoms. The van der Waals surface area contributed by atoms with Gasteiger partial charge in [0.05, 0.1) is 0 Å². The van der Waals surface area contributed by atoms with E-state index in [0.717, 1.165) is 23.5 Å². The fourth-order valence-corrected chi connectivity index (χ4v) is 1.74. The summed E-state index contributed by atoms with van der Waals surface area (Å²) < 4.78 is 0. The number of anilines is 1. The number of aromatic nitrogens is 2. The minimum atomic E-state index is 0.0233. The lowest BCUT2D eigenvalue weighted by atomic mass is 10.1. The van der Waals surface area contributed by atoms with Crippen LogP contribution in [0.5, 0.6) is 0 Å². The highest BCUT2D eigenvalue weighted by Gasteiger charge is 2.05. The maximum absolute atomic E-state index is 5.80. The van der Waals surface area contributed by atoms with Gasteiger partial charge in [-0.2, -0.15) is 0 Å². The van der Waals surface area contributed by atoms with Gasteiger partial charge in [0, 0.05) is 38.2 Å². The van der Waals surface area contributed by atoms with Crippen molar-refractivity contribution in [1.29, 1.82) is 0 Å².